The molecule has 0 saturated carbocycles. The highest BCUT2D eigenvalue weighted by Gasteiger charge is 2.19. The molecule has 1 N–H and O–H groups in total. The first kappa shape index (κ1) is 16.4. The summed E-state index contributed by atoms with van der Waals surface area (Å²) in [6.45, 7) is 2.05. The molecule has 0 aromatic heterocycles. The highest BCUT2D eigenvalue weighted by atomic mass is 32.2. The first-order chi connectivity index (χ1) is 10.6. The molecule has 0 spiro atoms. The van der Waals surface area contributed by atoms with Gasteiger partial charge in [0.25, 0.3) is 0 Å². The molecule has 0 aliphatic carbocycles. The molecule has 22 heavy (non-hydrogen) atoms. The molecular weight excluding hydrogens is 301 g/mol. The molecule has 5 heteroatoms. The quantitative estimate of drug-likeness (QED) is 0.890. The molecule has 0 saturated heterocycles. The van der Waals surface area contributed by atoms with Gasteiger partial charge in [-0.05, 0) is 30.2 Å². The highest BCUT2D eigenvalue weighted by Crippen LogP contribution is 2.09. The molecule has 0 fully saturated rings. The molecule has 0 unspecified atom stereocenters. The molecule has 0 aliphatic rings. The number of rotatable bonds is 6. The maximum absolute atomic E-state index is 12.8. The lowest BCUT2D eigenvalue weighted by Gasteiger charge is -2.12. The number of amides is 1. The molecule has 0 radical (unpaired) electrons. The minimum Gasteiger partial charge on any atom is -0.351 e. The van der Waals surface area contributed by atoms with E-state index in [0.717, 1.165) is 11.1 Å². The lowest BCUT2D eigenvalue weighted by Crippen LogP contribution is -2.35. The summed E-state index contributed by atoms with van der Waals surface area (Å²) in [5.74, 6) is -0.340. The van der Waals surface area contributed by atoms with Crippen LogP contribution in [0.15, 0.2) is 54.6 Å². The summed E-state index contributed by atoms with van der Waals surface area (Å²) >= 11 is 0. The first-order valence-corrected chi connectivity index (χ1v) is 8.37. The third-order valence-electron chi connectivity index (χ3n) is 3.30. The SMILES string of the molecule is C[C@H](C(=O)NCc1ccccc1)[S@@](=O)Cc1ccc(F)cc1. The topological polar surface area (TPSA) is 46.2 Å². The summed E-state index contributed by atoms with van der Waals surface area (Å²) in [5.41, 5.74) is 1.75. The van der Waals surface area contributed by atoms with Crippen LogP contribution >= 0.6 is 0 Å². The van der Waals surface area contributed by atoms with E-state index in [-0.39, 0.29) is 17.5 Å². The van der Waals surface area contributed by atoms with Crippen LogP contribution in [0.3, 0.4) is 0 Å². The summed E-state index contributed by atoms with van der Waals surface area (Å²) in [6.07, 6.45) is 0. The van der Waals surface area contributed by atoms with E-state index in [1.807, 2.05) is 30.3 Å². The summed E-state index contributed by atoms with van der Waals surface area (Å²) in [7, 11) is -1.34. The Hall–Kier alpha value is -2.01. The van der Waals surface area contributed by atoms with Crippen LogP contribution in [0.5, 0.6) is 0 Å². The zero-order valence-corrected chi connectivity index (χ0v) is 13.1. The maximum Gasteiger partial charge on any atom is 0.235 e. The van der Waals surface area contributed by atoms with Crippen molar-refractivity contribution in [3.8, 4) is 0 Å². The van der Waals surface area contributed by atoms with Gasteiger partial charge in [0.1, 0.15) is 11.1 Å². The van der Waals surface area contributed by atoms with Gasteiger partial charge in [-0.25, -0.2) is 4.39 Å². The third-order valence-corrected chi connectivity index (χ3v) is 4.92. The van der Waals surface area contributed by atoms with Crippen LogP contribution in [0.2, 0.25) is 0 Å². The number of hydrogen-bond acceptors (Lipinski definition) is 2. The standard InChI is InChI=1S/C17H18FNO2S/c1-13(17(20)19-11-14-5-3-2-4-6-14)22(21)12-15-7-9-16(18)10-8-15/h2-10,13H,11-12H2,1H3,(H,19,20)/t13-,22+/m1/s1. The average Bonchev–Trinajstić information content (AvgIpc) is 2.55. The normalized spacial score (nSPS) is 13.4. The van der Waals surface area contributed by atoms with E-state index in [9.17, 15) is 13.4 Å². The van der Waals surface area contributed by atoms with Gasteiger partial charge in [0.2, 0.25) is 5.91 Å². The monoisotopic (exact) mass is 319 g/mol. The number of carbonyl (C=O) groups is 1. The van der Waals surface area contributed by atoms with E-state index in [4.69, 9.17) is 0 Å². The third kappa shape index (κ3) is 4.77. The smallest absolute Gasteiger partial charge is 0.235 e. The van der Waals surface area contributed by atoms with E-state index < -0.39 is 16.0 Å². The zero-order chi connectivity index (χ0) is 15.9. The number of nitrogens with one attached hydrogen (secondary N) is 1. The van der Waals surface area contributed by atoms with Gasteiger partial charge in [-0.1, -0.05) is 42.5 Å². The van der Waals surface area contributed by atoms with Gasteiger partial charge in [-0.15, -0.1) is 0 Å². The fourth-order valence-corrected chi connectivity index (χ4v) is 3.01. The highest BCUT2D eigenvalue weighted by molar-refractivity contribution is 7.85. The summed E-state index contributed by atoms with van der Waals surface area (Å²) in [4.78, 5) is 12.0. The fraction of sp³-hybridized carbons (Fsp3) is 0.235. The first-order valence-electron chi connectivity index (χ1n) is 6.99. The molecule has 2 atom stereocenters. The van der Waals surface area contributed by atoms with E-state index in [0.29, 0.717) is 6.54 Å². The molecule has 0 aliphatic heterocycles. The van der Waals surface area contributed by atoms with Crippen LogP contribution in [-0.4, -0.2) is 15.4 Å². The van der Waals surface area contributed by atoms with Gasteiger partial charge in [0, 0.05) is 23.1 Å². The van der Waals surface area contributed by atoms with E-state index in [2.05, 4.69) is 5.32 Å². The molecule has 1 amide bonds. The van der Waals surface area contributed by atoms with Crippen molar-refractivity contribution in [2.75, 3.05) is 0 Å². The van der Waals surface area contributed by atoms with Crippen molar-refractivity contribution in [3.05, 3.63) is 71.5 Å². The van der Waals surface area contributed by atoms with Crippen molar-refractivity contribution < 1.29 is 13.4 Å². The largest absolute Gasteiger partial charge is 0.351 e. The van der Waals surface area contributed by atoms with Crippen LogP contribution in [-0.2, 0) is 27.9 Å². The Morgan fingerprint density at radius 3 is 2.36 bits per heavy atom. The Balaban J connectivity index is 1.86. The van der Waals surface area contributed by atoms with Crippen molar-refractivity contribution in [2.24, 2.45) is 0 Å². The van der Waals surface area contributed by atoms with Crippen LogP contribution in [0.1, 0.15) is 18.1 Å². The van der Waals surface area contributed by atoms with Crippen molar-refractivity contribution in [1.82, 2.24) is 5.32 Å². The Morgan fingerprint density at radius 2 is 1.73 bits per heavy atom. The second-order valence-electron chi connectivity index (χ2n) is 5.00. The lowest BCUT2D eigenvalue weighted by atomic mass is 10.2. The number of carbonyl (C=O) groups excluding carboxylic acids is 1. The van der Waals surface area contributed by atoms with Gasteiger partial charge < -0.3 is 5.32 Å². The van der Waals surface area contributed by atoms with Crippen LogP contribution in [0.25, 0.3) is 0 Å². The minimum atomic E-state index is -1.34. The minimum absolute atomic E-state index is 0.236. The molecule has 2 rings (SSSR count). The van der Waals surface area contributed by atoms with Crippen LogP contribution in [0, 0.1) is 5.82 Å². The van der Waals surface area contributed by atoms with Gasteiger partial charge >= 0.3 is 0 Å². The Kier molecular flexibility index (Phi) is 5.83. The van der Waals surface area contributed by atoms with Gasteiger partial charge in [0.05, 0.1) is 0 Å². The van der Waals surface area contributed by atoms with Crippen molar-refractivity contribution in [2.45, 2.75) is 24.5 Å². The Morgan fingerprint density at radius 1 is 1.09 bits per heavy atom. The van der Waals surface area contributed by atoms with Crippen molar-refractivity contribution in [3.63, 3.8) is 0 Å². The zero-order valence-electron chi connectivity index (χ0n) is 12.3. The molecule has 2 aromatic rings. The summed E-state index contributed by atoms with van der Waals surface area (Å²) < 4.78 is 25.0. The number of hydrogen-bond donors (Lipinski definition) is 1. The lowest BCUT2D eigenvalue weighted by molar-refractivity contribution is -0.120. The van der Waals surface area contributed by atoms with E-state index in [1.54, 1.807) is 19.1 Å². The van der Waals surface area contributed by atoms with Gasteiger partial charge in [-0.3, -0.25) is 9.00 Å². The molecule has 2 aromatic carbocycles. The maximum atomic E-state index is 12.8. The fourth-order valence-electron chi connectivity index (χ4n) is 1.92. The van der Waals surface area contributed by atoms with Crippen LogP contribution in [0.4, 0.5) is 4.39 Å². The average molecular weight is 319 g/mol. The molecular formula is C17H18FNO2S. The Bertz CT molecular complexity index is 643. The summed E-state index contributed by atoms with van der Waals surface area (Å²) in [5, 5.41) is 2.17. The molecule has 3 nitrogen and oxygen atoms in total. The molecule has 0 heterocycles. The van der Waals surface area contributed by atoms with Gasteiger partial charge in [-0.2, -0.15) is 0 Å². The molecule has 116 valence electrons. The molecule has 0 bridgehead atoms. The summed E-state index contributed by atoms with van der Waals surface area (Å²) in [6, 6.07) is 15.4. The second-order valence-corrected chi connectivity index (χ2v) is 6.75. The van der Waals surface area contributed by atoms with E-state index in [1.165, 1.54) is 12.1 Å². The van der Waals surface area contributed by atoms with Crippen molar-refractivity contribution >= 4 is 16.7 Å². The predicted molar refractivity (Wildman–Crippen MR) is 86.0 cm³/mol. The van der Waals surface area contributed by atoms with Crippen LogP contribution < -0.4 is 5.32 Å². The van der Waals surface area contributed by atoms with Crippen molar-refractivity contribution in [1.29, 1.82) is 0 Å². The van der Waals surface area contributed by atoms with Gasteiger partial charge in [0.15, 0.2) is 0 Å². The number of halogens is 1. The Labute approximate surface area is 132 Å². The predicted octanol–water partition coefficient (Wildman–Crippen LogP) is 2.78. The van der Waals surface area contributed by atoms with E-state index >= 15 is 0 Å². The number of benzene rings is 2. The second kappa shape index (κ2) is 7.84.